The summed E-state index contributed by atoms with van der Waals surface area (Å²) in [6, 6.07) is 1.29. The molecule has 5 nitrogen and oxygen atoms in total. The molecule has 0 spiro atoms. The van der Waals surface area contributed by atoms with Crippen LogP contribution in [0, 0.1) is 21.7 Å². The fraction of sp³-hybridized carbons (Fsp3) is 0.182. The second-order valence-electron chi connectivity index (χ2n) is 3.74. The highest BCUT2D eigenvalue weighted by atomic mass is 19.1. The first-order valence-electron chi connectivity index (χ1n) is 5.10. The van der Waals surface area contributed by atoms with Gasteiger partial charge in [-0.2, -0.15) is 4.39 Å². The summed E-state index contributed by atoms with van der Waals surface area (Å²) in [4.78, 5) is 21.7. The molecule has 1 aliphatic rings. The Morgan fingerprint density at radius 2 is 2.00 bits per heavy atom. The second kappa shape index (κ2) is 4.52. The summed E-state index contributed by atoms with van der Waals surface area (Å²) >= 11 is 0. The fourth-order valence-corrected chi connectivity index (χ4v) is 1.65. The smallest absolute Gasteiger partial charge is 0.307 e. The van der Waals surface area contributed by atoms with E-state index in [-0.39, 0.29) is 24.4 Å². The monoisotopic (exact) mass is 254 g/mol. The van der Waals surface area contributed by atoms with Crippen LogP contribution in [0.3, 0.4) is 0 Å². The van der Waals surface area contributed by atoms with Gasteiger partial charge in [0.25, 0.3) is 0 Å². The molecule has 0 fully saturated rings. The first-order valence-corrected chi connectivity index (χ1v) is 5.10. The molecule has 0 unspecified atom stereocenters. The van der Waals surface area contributed by atoms with Crippen molar-refractivity contribution in [2.45, 2.75) is 6.42 Å². The maximum Gasteiger partial charge on any atom is 0.307 e. The molecule has 0 saturated heterocycles. The van der Waals surface area contributed by atoms with Crippen LogP contribution in [0.15, 0.2) is 24.4 Å². The van der Waals surface area contributed by atoms with Crippen LogP contribution in [0.1, 0.15) is 6.42 Å². The van der Waals surface area contributed by atoms with Gasteiger partial charge in [0.05, 0.1) is 16.7 Å². The van der Waals surface area contributed by atoms with Crippen molar-refractivity contribution in [2.24, 2.45) is 0 Å². The summed E-state index contributed by atoms with van der Waals surface area (Å²) in [6.07, 6.45) is 2.77. The summed E-state index contributed by atoms with van der Waals surface area (Å²) < 4.78 is 27.0. The van der Waals surface area contributed by atoms with Crippen LogP contribution in [-0.4, -0.2) is 17.3 Å². The molecule has 94 valence electrons. The Morgan fingerprint density at radius 1 is 1.28 bits per heavy atom. The molecule has 0 aliphatic carbocycles. The van der Waals surface area contributed by atoms with Crippen molar-refractivity contribution in [3.63, 3.8) is 0 Å². The predicted octanol–water partition coefficient (Wildman–Crippen LogP) is 2.17. The molecule has 1 heterocycles. The van der Waals surface area contributed by atoms with Crippen molar-refractivity contribution in [2.75, 3.05) is 11.4 Å². The zero-order valence-electron chi connectivity index (χ0n) is 9.10. The lowest BCUT2D eigenvalue weighted by Crippen LogP contribution is -2.25. The minimum atomic E-state index is -1.11. The molecular formula is C11H8F2N2O3. The lowest BCUT2D eigenvalue weighted by atomic mass is 10.1. The number of hydrogen-bond acceptors (Lipinski definition) is 4. The van der Waals surface area contributed by atoms with Gasteiger partial charge in [0.15, 0.2) is 11.6 Å². The maximum absolute atomic E-state index is 13.6. The predicted molar refractivity (Wildman–Crippen MR) is 59.1 cm³/mol. The Kier molecular flexibility index (Phi) is 3.05. The topological polar surface area (TPSA) is 63.5 Å². The van der Waals surface area contributed by atoms with Gasteiger partial charge in [-0.1, -0.05) is 0 Å². The van der Waals surface area contributed by atoms with Gasteiger partial charge >= 0.3 is 5.69 Å². The van der Waals surface area contributed by atoms with Crippen LogP contribution in [-0.2, 0) is 4.79 Å². The number of allylic oxidation sites excluding steroid dienone is 1. The van der Waals surface area contributed by atoms with Crippen molar-refractivity contribution in [1.82, 2.24) is 0 Å². The molecule has 0 bridgehead atoms. The van der Waals surface area contributed by atoms with Gasteiger partial charge < -0.3 is 4.90 Å². The lowest BCUT2D eigenvalue weighted by Gasteiger charge is -2.23. The van der Waals surface area contributed by atoms with E-state index >= 15 is 0 Å². The number of anilines is 1. The quantitative estimate of drug-likeness (QED) is 0.599. The van der Waals surface area contributed by atoms with Crippen LogP contribution in [0.2, 0.25) is 0 Å². The van der Waals surface area contributed by atoms with E-state index in [4.69, 9.17) is 0 Å². The number of nitrogens with zero attached hydrogens (tertiary/aromatic N) is 2. The van der Waals surface area contributed by atoms with E-state index in [1.165, 1.54) is 17.2 Å². The number of benzene rings is 1. The summed E-state index contributed by atoms with van der Waals surface area (Å²) in [6.45, 7) is 0.212. The second-order valence-corrected chi connectivity index (χ2v) is 3.74. The molecule has 2 rings (SSSR count). The Morgan fingerprint density at radius 3 is 2.56 bits per heavy atom. The van der Waals surface area contributed by atoms with E-state index in [0.29, 0.717) is 6.07 Å². The van der Waals surface area contributed by atoms with E-state index in [2.05, 4.69) is 0 Å². The Labute approximate surface area is 100 Å². The highest BCUT2D eigenvalue weighted by molar-refractivity contribution is 5.91. The molecule has 0 saturated carbocycles. The van der Waals surface area contributed by atoms with Gasteiger partial charge in [0.2, 0.25) is 5.82 Å². The average molecular weight is 254 g/mol. The minimum absolute atomic E-state index is 0.103. The van der Waals surface area contributed by atoms with E-state index in [0.717, 1.165) is 6.07 Å². The summed E-state index contributed by atoms with van der Waals surface area (Å²) in [7, 11) is 0. The van der Waals surface area contributed by atoms with Gasteiger partial charge in [-0.05, 0) is 6.08 Å². The van der Waals surface area contributed by atoms with Gasteiger partial charge in [0, 0.05) is 25.2 Å². The molecule has 0 amide bonds. The first-order chi connectivity index (χ1) is 8.49. The Balaban J connectivity index is 2.41. The van der Waals surface area contributed by atoms with Crippen LogP contribution >= 0.6 is 0 Å². The van der Waals surface area contributed by atoms with Crippen molar-refractivity contribution in [1.29, 1.82) is 0 Å². The fourth-order valence-electron chi connectivity index (χ4n) is 1.65. The van der Waals surface area contributed by atoms with Crippen molar-refractivity contribution in [3.05, 3.63) is 46.2 Å². The van der Waals surface area contributed by atoms with Crippen molar-refractivity contribution < 1.29 is 18.5 Å². The number of carbonyl (C=O) groups excluding carboxylic acids is 1. The van der Waals surface area contributed by atoms with Gasteiger partial charge in [0.1, 0.15) is 0 Å². The van der Waals surface area contributed by atoms with E-state index in [1.807, 2.05) is 0 Å². The lowest BCUT2D eigenvalue weighted by molar-refractivity contribution is -0.387. The molecule has 0 atom stereocenters. The Hall–Kier alpha value is -2.31. The van der Waals surface area contributed by atoms with Crippen LogP contribution in [0.4, 0.5) is 20.2 Å². The number of nitro groups is 1. The largest absolute Gasteiger partial charge is 0.345 e. The van der Waals surface area contributed by atoms with Gasteiger partial charge in [-0.3, -0.25) is 14.9 Å². The molecule has 7 heteroatoms. The Bertz CT molecular complexity index is 557. The summed E-state index contributed by atoms with van der Waals surface area (Å²) in [5, 5.41) is 10.4. The zero-order valence-corrected chi connectivity index (χ0v) is 9.10. The maximum atomic E-state index is 13.6. The van der Waals surface area contributed by atoms with Gasteiger partial charge in [-0.15, -0.1) is 0 Å². The number of ketones is 1. The molecule has 1 aromatic carbocycles. The molecular weight excluding hydrogens is 246 g/mol. The molecule has 0 radical (unpaired) electrons. The van der Waals surface area contributed by atoms with E-state index < -0.39 is 22.2 Å². The van der Waals surface area contributed by atoms with Crippen molar-refractivity contribution >= 4 is 17.2 Å². The highest BCUT2D eigenvalue weighted by Crippen LogP contribution is 2.28. The normalized spacial score (nSPS) is 15.0. The van der Waals surface area contributed by atoms with Crippen LogP contribution in [0.5, 0.6) is 0 Å². The number of hydrogen-bond donors (Lipinski definition) is 0. The van der Waals surface area contributed by atoms with E-state index in [1.54, 1.807) is 0 Å². The van der Waals surface area contributed by atoms with Gasteiger partial charge in [-0.25, -0.2) is 4.39 Å². The van der Waals surface area contributed by atoms with Crippen LogP contribution < -0.4 is 4.90 Å². The van der Waals surface area contributed by atoms with Crippen molar-refractivity contribution in [3.8, 4) is 0 Å². The standard InChI is InChI=1S/C11H8F2N2O3/c12-8-6-11(15(17)18)9(13)5-10(8)14-3-1-7(16)2-4-14/h1,3,5-6H,2,4H2. The molecule has 0 aromatic heterocycles. The molecule has 18 heavy (non-hydrogen) atoms. The third kappa shape index (κ3) is 2.20. The number of nitro benzene ring substituents is 1. The average Bonchev–Trinajstić information content (AvgIpc) is 2.32. The first kappa shape index (κ1) is 12.2. The number of carbonyl (C=O) groups is 1. The number of rotatable bonds is 2. The van der Waals surface area contributed by atoms with Crippen LogP contribution in [0.25, 0.3) is 0 Å². The third-order valence-corrected chi connectivity index (χ3v) is 2.56. The molecule has 1 aliphatic heterocycles. The molecule has 1 aromatic rings. The summed E-state index contributed by atoms with van der Waals surface area (Å²) in [5.74, 6) is -2.11. The zero-order chi connectivity index (χ0) is 13.3. The summed E-state index contributed by atoms with van der Waals surface area (Å²) in [5.41, 5.74) is -1.03. The van der Waals surface area contributed by atoms with E-state index in [9.17, 15) is 23.7 Å². The minimum Gasteiger partial charge on any atom is -0.345 e. The SMILES string of the molecule is O=C1C=CN(c2cc(F)c([N+](=O)[O-])cc2F)CC1. The molecule has 0 N–H and O–H groups in total. The number of halogens is 2. The third-order valence-electron chi connectivity index (χ3n) is 2.56. The highest BCUT2D eigenvalue weighted by Gasteiger charge is 2.22.